The predicted octanol–water partition coefficient (Wildman–Crippen LogP) is 2.44. The minimum Gasteiger partial charge on any atom is -0.373 e. The van der Waals surface area contributed by atoms with E-state index in [2.05, 4.69) is 21.2 Å². The number of nitrogens with one attached hydrogen (secondary N) is 1. The Morgan fingerprint density at radius 2 is 1.86 bits per heavy atom. The molecular formula is C16H20BrNO3. The molecule has 1 aromatic rings. The zero-order valence-corrected chi connectivity index (χ0v) is 13.5. The van der Waals surface area contributed by atoms with Gasteiger partial charge in [-0.2, -0.15) is 0 Å². The molecule has 1 aliphatic heterocycles. The van der Waals surface area contributed by atoms with Crippen molar-refractivity contribution < 1.29 is 14.3 Å². The third-order valence-electron chi connectivity index (χ3n) is 4.12. The second-order valence-electron chi connectivity index (χ2n) is 5.70. The van der Waals surface area contributed by atoms with Gasteiger partial charge in [-0.05, 0) is 37.0 Å². The van der Waals surface area contributed by atoms with Crippen molar-refractivity contribution in [3.05, 3.63) is 34.3 Å². The average molecular weight is 354 g/mol. The van der Waals surface area contributed by atoms with Crippen molar-refractivity contribution in [3.63, 3.8) is 0 Å². The molecule has 3 rings (SSSR count). The van der Waals surface area contributed by atoms with E-state index in [1.54, 1.807) is 0 Å². The molecule has 1 aliphatic carbocycles. The zero-order chi connectivity index (χ0) is 14.7. The summed E-state index contributed by atoms with van der Waals surface area (Å²) in [5.74, 6) is 0.0810. The maximum absolute atomic E-state index is 12.1. The van der Waals surface area contributed by atoms with Gasteiger partial charge in [-0.3, -0.25) is 4.79 Å². The topological polar surface area (TPSA) is 47.6 Å². The summed E-state index contributed by atoms with van der Waals surface area (Å²) in [6.45, 7) is 1.36. The molecule has 114 valence electrons. The van der Waals surface area contributed by atoms with Crippen molar-refractivity contribution in [2.75, 3.05) is 13.2 Å². The smallest absolute Gasteiger partial charge is 0.224 e. The van der Waals surface area contributed by atoms with E-state index in [0.717, 1.165) is 29.3 Å². The van der Waals surface area contributed by atoms with E-state index in [1.165, 1.54) is 0 Å². The highest BCUT2D eigenvalue weighted by Crippen LogP contribution is 2.26. The first kappa shape index (κ1) is 15.0. The van der Waals surface area contributed by atoms with Gasteiger partial charge in [0.25, 0.3) is 0 Å². The molecule has 1 amide bonds. The molecule has 1 aromatic carbocycles. The van der Waals surface area contributed by atoms with E-state index in [0.29, 0.717) is 19.6 Å². The number of carbonyl (C=O) groups is 1. The summed E-state index contributed by atoms with van der Waals surface area (Å²) < 4.78 is 12.5. The monoisotopic (exact) mass is 353 g/mol. The summed E-state index contributed by atoms with van der Waals surface area (Å²) >= 11 is 3.40. The number of fused-ring (bicyclic) bond motifs is 1. The molecule has 1 N–H and O–H groups in total. The molecule has 3 unspecified atom stereocenters. The summed E-state index contributed by atoms with van der Waals surface area (Å²) in [5, 5.41) is 3.13. The van der Waals surface area contributed by atoms with Crippen LogP contribution in [0.4, 0.5) is 0 Å². The maximum Gasteiger partial charge on any atom is 0.224 e. The number of hydrogen-bond donors (Lipinski definition) is 1. The van der Waals surface area contributed by atoms with Crippen molar-refractivity contribution in [2.24, 2.45) is 0 Å². The largest absolute Gasteiger partial charge is 0.373 e. The van der Waals surface area contributed by atoms with Crippen LogP contribution in [0.2, 0.25) is 0 Å². The van der Waals surface area contributed by atoms with Gasteiger partial charge < -0.3 is 14.8 Å². The van der Waals surface area contributed by atoms with Gasteiger partial charge in [0, 0.05) is 10.5 Å². The highest BCUT2D eigenvalue weighted by Gasteiger charge is 2.34. The molecule has 4 nitrogen and oxygen atoms in total. The molecule has 2 aliphatic rings. The Bertz CT molecular complexity index is 491. The quantitative estimate of drug-likeness (QED) is 0.907. The number of amides is 1. The van der Waals surface area contributed by atoms with Gasteiger partial charge in [0.2, 0.25) is 5.91 Å². The van der Waals surface area contributed by atoms with Gasteiger partial charge in [0.15, 0.2) is 0 Å². The molecule has 0 bridgehead atoms. The van der Waals surface area contributed by atoms with Gasteiger partial charge in [-0.15, -0.1) is 0 Å². The van der Waals surface area contributed by atoms with Crippen LogP contribution in [0.1, 0.15) is 24.8 Å². The van der Waals surface area contributed by atoms with Gasteiger partial charge in [-0.25, -0.2) is 0 Å². The normalized spacial score (nSPS) is 28.7. The first-order chi connectivity index (χ1) is 10.2. The lowest BCUT2D eigenvalue weighted by Crippen LogP contribution is -2.49. The Labute approximate surface area is 133 Å². The van der Waals surface area contributed by atoms with E-state index in [4.69, 9.17) is 9.47 Å². The van der Waals surface area contributed by atoms with E-state index in [-0.39, 0.29) is 24.2 Å². The van der Waals surface area contributed by atoms with Crippen LogP contribution in [0.15, 0.2) is 28.7 Å². The second-order valence-corrected chi connectivity index (χ2v) is 6.61. The fourth-order valence-electron chi connectivity index (χ4n) is 3.06. The molecule has 0 spiro atoms. The van der Waals surface area contributed by atoms with Crippen LogP contribution >= 0.6 is 15.9 Å². The third-order valence-corrected chi connectivity index (χ3v) is 4.65. The molecule has 2 fully saturated rings. The van der Waals surface area contributed by atoms with E-state index in [9.17, 15) is 4.79 Å². The molecular weight excluding hydrogens is 334 g/mol. The number of halogens is 1. The predicted molar refractivity (Wildman–Crippen MR) is 83.1 cm³/mol. The molecule has 5 heteroatoms. The lowest BCUT2D eigenvalue weighted by Gasteiger charge is -2.39. The van der Waals surface area contributed by atoms with E-state index < -0.39 is 0 Å². The summed E-state index contributed by atoms with van der Waals surface area (Å²) in [7, 11) is 0. The highest BCUT2D eigenvalue weighted by molar-refractivity contribution is 9.10. The SMILES string of the molecule is O=C(Cc1ccc(Br)cc1)NC1CCC2OCCOC2C1. The van der Waals surface area contributed by atoms with Gasteiger partial charge in [0.05, 0.1) is 31.8 Å². The van der Waals surface area contributed by atoms with Crippen LogP contribution in [0.25, 0.3) is 0 Å². The lowest BCUT2D eigenvalue weighted by atomic mass is 9.89. The summed E-state index contributed by atoms with van der Waals surface area (Å²) in [4.78, 5) is 12.1. The summed E-state index contributed by atoms with van der Waals surface area (Å²) in [6, 6.07) is 8.07. The molecule has 1 saturated carbocycles. The van der Waals surface area contributed by atoms with Crippen LogP contribution in [0.3, 0.4) is 0 Å². The Morgan fingerprint density at radius 1 is 1.14 bits per heavy atom. The Morgan fingerprint density at radius 3 is 2.62 bits per heavy atom. The first-order valence-electron chi connectivity index (χ1n) is 7.48. The number of benzene rings is 1. The van der Waals surface area contributed by atoms with Crippen LogP contribution in [-0.2, 0) is 20.7 Å². The minimum absolute atomic E-state index is 0.0810. The average Bonchev–Trinajstić information content (AvgIpc) is 2.49. The Kier molecular flexibility index (Phi) is 4.93. The van der Waals surface area contributed by atoms with Gasteiger partial charge in [-0.1, -0.05) is 28.1 Å². The number of rotatable bonds is 3. The zero-order valence-electron chi connectivity index (χ0n) is 11.9. The fourth-order valence-corrected chi connectivity index (χ4v) is 3.33. The van der Waals surface area contributed by atoms with E-state index >= 15 is 0 Å². The molecule has 0 radical (unpaired) electrons. The standard InChI is InChI=1S/C16H20BrNO3/c17-12-3-1-11(2-4-12)9-16(19)18-13-5-6-14-15(10-13)21-8-7-20-14/h1-4,13-15H,5-10H2,(H,18,19). The van der Waals surface area contributed by atoms with Crippen molar-refractivity contribution in [1.82, 2.24) is 5.32 Å². The number of hydrogen-bond acceptors (Lipinski definition) is 3. The Hall–Kier alpha value is -0.910. The summed E-state index contributed by atoms with van der Waals surface area (Å²) in [6.07, 6.45) is 3.58. The maximum atomic E-state index is 12.1. The molecule has 0 aromatic heterocycles. The van der Waals surface area contributed by atoms with Gasteiger partial charge in [0.1, 0.15) is 0 Å². The van der Waals surface area contributed by atoms with Crippen molar-refractivity contribution >= 4 is 21.8 Å². The van der Waals surface area contributed by atoms with Crippen LogP contribution < -0.4 is 5.32 Å². The first-order valence-corrected chi connectivity index (χ1v) is 8.27. The molecule has 21 heavy (non-hydrogen) atoms. The lowest BCUT2D eigenvalue weighted by molar-refractivity contribution is -0.158. The van der Waals surface area contributed by atoms with Crippen molar-refractivity contribution in [3.8, 4) is 0 Å². The molecule has 1 saturated heterocycles. The van der Waals surface area contributed by atoms with Crippen LogP contribution in [0.5, 0.6) is 0 Å². The van der Waals surface area contributed by atoms with Gasteiger partial charge >= 0.3 is 0 Å². The minimum atomic E-state index is 0.0810. The van der Waals surface area contributed by atoms with Crippen LogP contribution in [0, 0.1) is 0 Å². The second kappa shape index (κ2) is 6.90. The van der Waals surface area contributed by atoms with Crippen molar-refractivity contribution in [2.45, 2.75) is 43.9 Å². The number of ether oxygens (including phenoxy) is 2. The van der Waals surface area contributed by atoms with Crippen molar-refractivity contribution in [1.29, 1.82) is 0 Å². The van der Waals surface area contributed by atoms with Crippen LogP contribution in [-0.4, -0.2) is 37.4 Å². The summed E-state index contributed by atoms with van der Waals surface area (Å²) in [5.41, 5.74) is 1.03. The highest BCUT2D eigenvalue weighted by atomic mass is 79.9. The Balaban J connectivity index is 1.49. The molecule has 1 heterocycles. The number of carbonyl (C=O) groups excluding carboxylic acids is 1. The molecule has 3 atom stereocenters. The fraction of sp³-hybridized carbons (Fsp3) is 0.562. The third kappa shape index (κ3) is 4.05. The van der Waals surface area contributed by atoms with E-state index in [1.807, 2.05) is 24.3 Å².